The van der Waals surface area contributed by atoms with Crippen molar-refractivity contribution in [2.45, 2.75) is 38.6 Å². The molecule has 7 nitrogen and oxygen atoms in total. The molecule has 0 bridgehead atoms. The summed E-state index contributed by atoms with van der Waals surface area (Å²) < 4.78 is 7.87. The van der Waals surface area contributed by atoms with Gasteiger partial charge in [-0.2, -0.15) is 0 Å². The molecule has 3 aromatic rings. The fourth-order valence-corrected chi connectivity index (χ4v) is 3.89. The molecule has 0 radical (unpaired) electrons. The molecule has 0 spiro atoms. The SMILES string of the molecule is CCn1c(SCC(=O)Nc2ccc(C(C)=O)cc2)nnc1C(C)Oc1ccccc1Cl. The molecule has 2 aromatic carbocycles. The van der Waals surface area contributed by atoms with Gasteiger partial charge in [-0.15, -0.1) is 10.2 Å². The highest BCUT2D eigenvalue weighted by Gasteiger charge is 2.20. The number of ketones is 1. The molecule has 0 fully saturated rings. The topological polar surface area (TPSA) is 86.1 Å². The molecule has 1 N–H and O–H groups in total. The number of aromatic nitrogens is 3. The third-order valence-electron chi connectivity index (χ3n) is 4.47. The number of rotatable bonds is 9. The van der Waals surface area contributed by atoms with Crippen molar-refractivity contribution < 1.29 is 14.3 Å². The van der Waals surface area contributed by atoms with Crippen molar-refractivity contribution >= 4 is 40.7 Å². The number of thioether (sulfide) groups is 1. The van der Waals surface area contributed by atoms with Crippen LogP contribution in [-0.2, 0) is 11.3 Å². The number of Topliss-reactive ketones (excluding diaryl/α,β-unsaturated/α-hetero) is 1. The average molecular weight is 459 g/mol. The summed E-state index contributed by atoms with van der Waals surface area (Å²) in [7, 11) is 0. The van der Waals surface area contributed by atoms with E-state index >= 15 is 0 Å². The van der Waals surface area contributed by atoms with E-state index in [0.29, 0.717) is 39.5 Å². The number of hydrogen-bond donors (Lipinski definition) is 1. The highest BCUT2D eigenvalue weighted by atomic mass is 35.5. The zero-order valence-electron chi connectivity index (χ0n) is 17.5. The maximum atomic E-state index is 12.3. The van der Waals surface area contributed by atoms with Gasteiger partial charge in [0, 0.05) is 17.8 Å². The number of carbonyl (C=O) groups is 2. The second-order valence-corrected chi connectivity index (χ2v) is 8.10. The largest absolute Gasteiger partial charge is 0.481 e. The van der Waals surface area contributed by atoms with Gasteiger partial charge in [0.2, 0.25) is 5.91 Å². The number of ether oxygens (including phenoxy) is 1. The monoisotopic (exact) mass is 458 g/mol. The van der Waals surface area contributed by atoms with Crippen LogP contribution in [0.2, 0.25) is 5.02 Å². The van der Waals surface area contributed by atoms with E-state index in [9.17, 15) is 9.59 Å². The third-order valence-corrected chi connectivity index (χ3v) is 5.75. The van der Waals surface area contributed by atoms with Gasteiger partial charge in [0.1, 0.15) is 5.75 Å². The van der Waals surface area contributed by atoms with E-state index in [4.69, 9.17) is 16.3 Å². The van der Waals surface area contributed by atoms with Gasteiger partial charge in [0.25, 0.3) is 0 Å². The number of carbonyl (C=O) groups excluding carboxylic acids is 2. The smallest absolute Gasteiger partial charge is 0.234 e. The molecule has 31 heavy (non-hydrogen) atoms. The molecular weight excluding hydrogens is 436 g/mol. The van der Waals surface area contributed by atoms with Crippen LogP contribution in [0.5, 0.6) is 5.75 Å². The van der Waals surface area contributed by atoms with Crippen LogP contribution in [0.3, 0.4) is 0 Å². The summed E-state index contributed by atoms with van der Waals surface area (Å²) in [6, 6.07) is 14.0. The number of amides is 1. The molecule has 1 atom stereocenters. The molecule has 162 valence electrons. The number of benzene rings is 2. The minimum atomic E-state index is -0.365. The van der Waals surface area contributed by atoms with Crippen molar-refractivity contribution in [3.05, 3.63) is 64.9 Å². The van der Waals surface area contributed by atoms with Crippen molar-refractivity contribution in [2.75, 3.05) is 11.1 Å². The zero-order valence-corrected chi connectivity index (χ0v) is 19.0. The molecule has 0 aliphatic heterocycles. The lowest BCUT2D eigenvalue weighted by molar-refractivity contribution is -0.113. The molecule has 0 aliphatic carbocycles. The fraction of sp³-hybridized carbons (Fsp3) is 0.273. The van der Waals surface area contributed by atoms with Crippen LogP contribution in [0.1, 0.15) is 43.1 Å². The lowest BCUT2D eigenvalue weighted by Gasteiger charge is -2.16. The highest BCUT2D eigenvalue weighted by Crippen LogP contribution is 2.29. The van der Waals surface area contributed by atoms with Gasteiger partial charge in [-0.25, -0.2) is 0 Å². The Labute approximate surface area is 190 Å². The van der Waals surface area contributed by atoms with Gasteiger partial charge in [-0.3, -0.25) is 9.59 Å². The Kier molecular flexibility index (Phi) is 7.70. The standard InChI is InChI=1S/C22H23ClN4O3S/c1-4-27-21(15(3)30-19-8-6-5-7-18(19)23)25-26-22(27)31-13-20(29)24-17-11-9-16(10-12-17)14(2)28/h5-12,15H,4,13H2,1-3H3,(H,24,29). The summed E-state index contributed by atoms with van der Waals surface area (Å²) in [4.78, 5) is 23.7. The second kappa shape index (κ2) is 10.5. The number of anilines is 1. The highest BCUT2D eigenvalue weighted by molar-refractivity contribution is 7.99. The Morgan fingerprint density at radius 3 is 2.52 bits per heavy atom. The summed E-state index contributed by atoms with van der Waals surface area (Å²) in [6.45, 7) is 6.00. The van der Waals surface area contributed by atoms with Crippen molar-refractivity contribution in [3.8, 4) is 5.75 Å². The van der Waals surface area contributed by atoms with Crippen molar-refractivity contribution in [2.24, 2.45) is 0 Å². The number of hydrogen-bond acceptors (Lipinski definition) is 6. The molecule has 0 aliphatic rings. The summed E-state index contributed by atoms with van der Waals surface area (Å²) in [5.41, 5.74) is 1.24. The van der Waals surface area contributed by atoms with Crippen LogP contribution in [0, 0.1) is 0 Å². The van der Waals surface area contributed by atoms with E-state index in [1.807, 2.05) is 30.5 Å². The Hall–Kier alpha value is -2.84. The third kappa shape index (κ3) is 5.86. The average Bonchev–Trinajstić information content (AvgIpc) is 3.17. The van der Waals surface area contributed by atoms with Crippen molar-refractivity contribution in [1.82, 2.24) is 14.8 Å². The molecule has 0 saturated heterocycles. The normalized spacial score (nSPS) is 11.7. The first-order chi connectivity index (χ1) is 14.9. The summed E-state index contributed by atoms with van der Waals surface area (Å²) in [6.07, 6.45) is -0.365. The maximum Gasteiger partial charge on any atom is 0.234 e. The van der Waals surface area contributed by atoms with Crippen LogP contribution in [0.4, 0.5) is 5.69 Å². The Morgan fingerprint density at radius 2 is 1.87 bits per heavy atom. The summed E-state index contributed by atoms with van der Waals surface area (Å²) >= 11 is 7.47. The number of para-hydroxylation sites is 1. The lowest BCUT2D eigenvalue weighted by atomic mass is 10.1. The van der Waals surface area contributed by atoms with Crippen molar-refractivity contribution in [1.29, 1.82) is 0 Å². The zero-order chi connectivity index (χ0) is 22.4. The minimum absolute atomic E-state index is 0.0177. The van der Waals surface area contributed by atoms with E-state index in [1.165, 1.54) is 18.7 Å². The molecule has 1 aromatic heterocycles. The fourth-order valence-electron chi connectivity index (χ4n) is 2.90. The minimum Gasteiger partial charge on any atom is -0.481 e. The van der Waals surface area contributed by atoms with Gasteiger partial charge >= 0.3 is 0 Å². The first-order valence-corrected chi connectivity index (χ1v) is 11.1. The first kappa shape index (κ1) is 22.8. The Bertz CT molecular complexity index is 1070. The number of nitrogens with one attached hydrogen (secondary N) is 1. The molecule has 1 amide bonds. The van der Waals surface area contributed by atoms with Crippen LogP contribution in [0.15, 0.2) is 53.7 Å². The van der Waals surface area contributed by atoms with Gasteiger partial charge in [0.05, 0.1) is 10.8 Å². The number of halogens is 1. The summed E-state index contributed by atoms with van der Waals surface area (Å²) in [5, 5.41) is 12.5. The van der Waals surface area contributed by atoms with Crippen LogP contribution in [-0.4, -0.2) is 32.2 Å². The Balaban J connectivity index is 1.61. The van der Waals surface area contributed by atoms with E-state index in [0.717, 1.165) is 0 Å². The molecule has 3 rings (SSSR count). The molecule has 1 unspecified atom stereocenters. The summed E-state index contributed by atoms with van der Waals surface area (Å²) in [5.74, 6) is 1.22. The van der Waals surface area contributed by atoms with E-state index in [2.05, 4.69) is 15.5 Å². The molecular formula is C22H23ClN4O3S. The van der Waals surface area contributed by atoms with Crippen LogP contribution in [0.25, 0.3) is 0 Å². The number of nitrogens with zero attached hydrogens (tertiary/aromatic N) is 3. The van der Waals surface area contributed by atoms with Crippen molar-refractivity contribution in [3.63, 3.8) is 0 Å². The predicted octanol–water partition coefficient (Wildman–Crippen LogP) is 5.02. The quantitative estimate of drug-likeness (QED) is 0.357. The van der Waals surface area contributed by atoms with Gasteiger partial charge in [0.15, 0.2) is 22.9 Å². The predicted molar refractivity (Wildman–Crippen MR) is 122 cm³/mol. The molecule has 9 heteroatoms. The van der Waals surface area contributed by atoms with Crippen LogP contribution >= 0.6 is 23.4 Å². The molecule has 1 heterocycles. The van der Waals surface area contributed by atoms with Gasteiger partial charge in [-0.1, -0.05) is 35.5 Å². The lowest BCUT2D eigenvalue weighted by Crippen LogP contribution is -2.15. The van der Waals surface area contributed by atoms with E-state index in [1.54, 1.807) is 36.4 Å². The van der Waals surface area contributed by atoms with Crippen LogP contribution < -0.4 is 10.1 Å². The van der Waals surface area contributed by atoms with E-state index < -0.39 is 0 Å². The second-order valence-electron chi connectivity index (χ2n) is 6.75. The Morgan fingerprint density at radius 1 is 1.16 bits per heavy atom. The maximum absolute atomic E-state index is 12.3. The molecule has 0 saturated carbocycles. The van der Waals surface area contributed by atoms with Gasteiger partial charge in [-0.05, 0) is 57.2 Å². The van der Waals surface area contributed by atoms with Gasteiger partial charge < -0.3 is 14.6 Å². The first-order valence-electron chi connectivity index (χ1n) is 9.77. The van der Waals surface area contributed by atoms with E-state index in [-0.39, 0.29) is 23.5 Å².